The van der Waals surface area contributed by atoms with Crippen LogP contribution in [0.5, 0.6) is 0 Å². The lowest BCUT2D eigenvalue weighted by Gasteiger charge is -2.06. The molecule has 1 heteroatoms. The first-order valence-corrected chi connectivity index (χ1v) is 5.79. The highest BCUT2D eigenvalue weighted by Gasteiger charge is 2.03. The van der Waals surface area contributed by atoms with Crippen LogP contribution >= 0.6 is 0 Å². The largest absolute Gasteiger partial charge is 0.298 e. The molecule has 2 aromatic carbocycles. The first-order chi connectivity index (χ1) is 7.78. The smallest absolute Gasteiger partial charge is 0.150 e. The van der Waals surface area contributed by atoms with Crippen LogP contribution in [0.2, 0.25) is 0 Å². The maximum Gasteiger partial charge on any atom is 0.150 e. The Balaban J connectivity index is 2.68. The molecule has 0 unspecified atom stereocenters. The molecule has 0 radical (unpaired) electrons. The van der Waals surface area contributed by atoms with E-state index in [1.54, 1.807) is 0 Å². The van der Waals surface area contributed by atoms with Gasteiger partial charge in [-0.05, 0) is 40.8 Å². The molecule has 0 aromatic heterocycles. The van der Waals surface area contributed by atoms with Crippen LogP contribution < -0.4 is 0 Å². The van der Waals surface area contributed by atoms with Crippen molar-refractivity contribution in [3.8, 4) is 0 Å². The van der Waals surface area contributed by atoms with E-state index in [2.05, 4.69) is 38.1 Å². The molecule has 0 heterocycles. The average Bonchev–Trinajstić information content (AvgIpc) is 2.36. The standard InChI is InChI=1S/C15H16O/c1-3-11-5-6-13-9-15(10-16)12(4-2)8-14(13)7-11/h5-10H,3-4H2,1-2H3. The van der Waals surface area contributed by atoms with Crippen molar-refractivity contribution < 1.29 is 4.79 Å². The number of benzene rings is 2. The van der Waals surface area contributed by atoms with Crippen LogP contribution in [0.1, 0.15) is 35.3 Å². The van der Waals surface area contributed by atoms with Crippen molar-refractivity contribution in [2.45, 2.75) is 26.7 Å². The summed E-state index contributed by atoms with van der Waals surface area (Å²) in [4.78, 5) is 11.0. The molecule has 0 aliphatic heterocycles. The normalized spacial score (nSPS) is 10.6. The van der Waals surface area contributed by atoms with Gasteiger partial charge < -0.3 is 0 Å². The summed E-state index contributed by atoms with van der Waals surface area (Å²) in [6.45, 7) is 4.24. The zero-order valence-electron chi connectivity index (χ0n) is 9.79. The summed E-state index contributed by atoms with van der Waals surface area (Å²) >= 11 is 0. The molecule has 0 fully saturated rings. The van der Waals surface area contributed by atoms with E-state index in [-0.39, 0.29) is 0 Å². The Morgan fingerprint density at radius 1 is 1.00 bits per heavy atom. The maximum atomic E-state index is 11.0. The first-order valence-electron chi connectivity index (χ1n) is 5.79. The van der Waals surface area contributed by atoms with E-state index in [1.165, 1.54) is 10.9 Å². The van der Waals surface area contributed by atoms with Crippen LogP contribution in [0.25, 0.3) is 10.8 Å². The minimum Gasteiger partial charge on any atom is -0.298 e. The molecule has 0 aliphatic rings. The van der Waals surface area contributed by atoms with Gasteiger partial charge in [-0.2, -0.15) is 0 Å². The van der Waals surface area contributed by atoms with Gasteiger partial charge >= 0.3 is 0 Å². The van der Waals surface area contributed by atoms with E-state index in [0.29, 0.717) is 0 Å². The number of carbonyl (C=O) groups is 1. The van der Waals surface area contributed by atoms with E-state index in [0.717, 1.165) is 35.6 Å². The SMILES string of the molecule is CCc1ccc2cc(C=O)c(CC)cc2c1. The number of hydrogen-bond donors (Lipinski definition) is 0. The molecule has 16 heavy (non-hydrogen) atoms. The van der Waals surface area contributed by atoms with Crippen LogP contribution in [-0.4, -0.2) is 6.29 Å². The lowest BCUT2D eigenvalue weighted by Crippen LogP contribution is -1.91. The molecule has 0 atom stereocenters. The average molecular weight is 212 g/mol. The highest BCUT2D eigenvalue weighted by molar-refractivity contribution is 5.91. The van der Waals surface area contributed by atoms with E-state index >= 15 is 0 Å². The van der Waals surface area contributed by atoms with Gasteiger partial charge in [0.05, 0.1) is 0 Å². The second-order valence-corrected chi connectivity index (χ2v) is 4.06. The second kappa shape index (κ2) is 4.48. The molecule has 0 spiro atoms. The van der Waals surface area contributed by atoms with E-state index in [1.807, 2.05) is 6.07 Å². The van der Waals surface area contributed by atoms with Crippen molar-refractivity contribution in [3.63, 3.8) is 0 Å². The van der Waals surface area contributed by atoms with Crippen molar-refractivity contribution in [3.05, 3.63) is 47.0 Å². The predicted molar refractivity (Wildman–Crippen MR) is 68.1 cm³/mol. The minimum atomic E-state index is 0.819. The minimum absolute atomic E-state index is 0.819. The summed E-state index contributed by atoms with van der Waals surface area (Å²) in [6.07, 6.45) is 2.90. The molecule has 1 nitrogen and oxygen atoms in total. The number of hydrogen-bond acceptors (Lipinski definition) is 1. The number of aldehydes is 1. The molecule has 0 aliphatic carbocycles. The summed E-state index contributed by atoms with van der Waals surface area (Å²) in [5.41, 5.74) is 3.29. The van der Waals surface area contributed by atoms with Crippen molar-refractivity contribution in [1.82, 2.24) is 0 Å². The van der Waals surface area contributed by atoms with Gasteiger partial charge in [0.2, 0.25) is 0 Å². The Morgan fingerprint density at radius 3 is 2.44 bits per heavy atom. The van der Waals surface area contributed by atoms with Gasteiger partial charge in [0.15, 0.2) is 0 Å². The monoisotopic (exact) mass is 212 g/mol. The Bertz CT molecular complexity index is 526. The van der Waals surface area contributed by atoms with Crippen molar-refractivity contribution in [2.24, 2.45) is 0 Å². The van der Waals surface area contributed by atoms with Gasteiger partial charge in [-0.15, -0.1) is 0 Å². The van der Waals surface area contributed by atoms with Crippen LogP contribution in [-0.2, 0) is 12.8 Å². The molecule has 0 bridgehead atoms. The van der Waals surface area contributed by atoms with Gasteiger partial charge in [0.1, 0.15) is 6.29 Å². The van der Waals surface area contributed by atoms with Crippen LogP contribution in [0.4, 0.5) is 0 Å². The van der Waals surface area contributed by atoms with Gasteiger partial charge in [-0.3, -0.25) is 4.79 Å². The molecular formula is C15H16O. The van der Waals surface area contributed by atoms with Gasteiger partial charge in [0, 0.05) is 5.56 Å². The van der Waals surface area contributed by atoms with E-state index in [9.17, 15) is 4.79 Å². The fraction of sp³-hybridized carbons (Fsp3) is 0.267. The van der Waals surface area contributed by atoms with Crippen LogP contribution in [0, 0.1) is 0 Å². The number of fused-ring (bicyclic) bond motifs is 1. The summed E-state index contributed by atoms with van der Waals surface area (Å²) in [7, 11) is 0. The molecule has 0 saturated carbocycles. The summed E-state index contributed by atoms with van der Waals surface area (Å²) in [6, 6.07) is 10.6. The summed E-state index contributed by atoms with van der Waals surface area (Å²) in [5.74, 6) is 0. The van der Waals surface area contributed by atoms with Crippen LogP contribution in [0.15, 0.2) is 30.3 Å². The fourth-order valence-corrected chi connectivity index (χ4v) is 2.05. The van der Waals surface area contributed by atoms with Crippen molar-refractivity contribution >= 4 is 17.1 Å². The highest BCUT2D eigenvalue weighted by atomic mass is 16.1. The topological polar surface area (TPSA) is 17.1 Å². The summed E-state index contributed by atoms with van der Waals surface area (Å²) in [5, 5.41) is 2.39. The second-order valence-electron chi connectivity index (χ2n) is 4.06. The van der Waals surface area contributed by atoms with E-state index < -0.39 is 0 Å². The highest BCUT2D eigenvalue weighted by Crippen LogP contribution is 2.21. The van der Waals surface area contributed by atoms with E-state index in [4.69, 9.17) is 0 Å². The molecule has 0 saturated heterocycles. The molecule has 82 valence electrons. The van der Waals surface area contributed by atoms with Gasteiger partial charge in [-0.25, -0.2) is 0 Å². The number of rotatable bonds is 3. The molecule has 2 rings (SSSR count). The Labute approximate surface area is 96.1 Å². The first kappa shape index (κ1) is 10.9. The summed E-state index contributed by atoms with van der Waals surface area (Å²) < 4.78 is 0. The molecular weight excluding hydrogens is 196 g/mol. The molecule has 0 N–H and O–H groups in total. The lowest BCUT2D eigenvalue weighted by atomic mass is 9.98. The predicted octanol–water partition coefficient (Wildman–Crippen LogP) is 3.78. The number of aryl methyl sites for hydroxylation is 2. The third-order valence-electron chi connectivity index (χ3n) is 3.08. The van der Waals surface area contributed by atoms with Gasteiger partial charge in [-0.1, -0.05) is 38.1 Å². The lowest BCUT2D eigenvalue weighted by molar-refractivity contribution is 0.112. The Morgan fingerprint density at radius 2 is 1.81 bits per heavy atom. The third kappa shape index (κ3) is 1.85. The quantitative estimate of drug-likeness (QED) is 0.708. The Kier molecular flexibility index (Phi) is 3.04. The zero-order valence-corrected chi connectivity index (χ0v) is 9.79. The fourth-order valence-electron chi connectivity index (χ4n) is 2.05. The van der Waals surface area contributed by atoms with Crippen LogP contribution in [0.3, 0.4) is 0 Å². The zero-order chi connectivity index (χ0) is 11.5. The molecule has 0 amide bonds. The van der Waals surface area contributed by atoms with Gasteiger partial charge in [0.25, 0.3) is 0 Å². The number of carbonyl (C=O) groups excluding carboxylic acids is 1. The van der Waals surface area contributed by atoms with Crippen molar-refractivity contribution in [2.75, 3.05) is 0 Å². The molecule has 2 aromatic rings. The maximum absolute atomic E-state index is 11.0. The third-order valence-corrected chi connectivity index (χ3v) is 3.08. The Hall–Kier alpha value is -1.63. The van der Waals surface area contributed by atoms with Crippen molar-refractivity contribution in [1.29, 1.82) is 0 Å².